The highest BCUT2D eigenvalue weighted by atomic mass is 127. The molecule has 0 fully saturated rings. The highest BCUT2D eigenvalue weighted by molar-refractivity contribution is 14.1. The lowest BCUT2D eigenvalue weighted by atomic mass is 9.93. The summed E-state index contributed by atoms with van der Waals surface area (Å²) in [5.41, 5.74) is 4.88. The average Bonchev–Trinajstić information content (AvgIpc) is 2.45. The Balaban J connectivity index is 3.29. The molecule has 0 N–H and O–H groups in total. The van der Waals surface area contributed by atoms with Crippen molar-refractivity contribution in [3.63, 3.8) is 0 Å². The first kappa shape index (κ1) is 23.4. The van der Waals surface area contributed by atoms with E-state index in [1.807, 2.05) is 0 Å². The van der Waals surface area contributed by atoms with Crippen LogP contribution in [-0.2, 0) is 19.3 Å². The van der Waals surface area contributed by atoms with Crippen molar-refractivity contribution in [3.8, 4) is 0 Å². The third-order valence-corrected chi connectivity index (χ3v) is 8.41. The van der Waals surface area contributed by atoms with Crippen LogP contribution in [-0.4, -0.2) is 0 Å². The molecule has 0 atom stereocenters. The molecule has 0 aromatic heterocycles. The fraction of sp³-hybridized carbons (Fsp3) is 0.714. The SMILES string of the molecule is CC(C)CCc1c(I)c(CCC(C)C)c(I)c(CCC(C)C)c1I. The lowest BCUT2D eigenvalue weighted by Gasteiger charge is -2.21. The van der Waals surface area contributed by atoms with Crippen molar-refractivity contribution >= 4 is 67.8 Å². The average molecular weight is 666 g/mol. The molecule has 3 heteroatoms. The maximum Gasteiger partial charge on any atom is 0.0215 e. The second-order valence-electron chi connectivity index (χ2n) is 8.18. The zero-order chi connectivity index (χ0) is 18.4. The second-order valence-corrected chi connectivity index (χ2v) is 11.4. The number of hydrogen-bond acceptors (Lipinski definition) is 0. The summed E-state index contributed by atoms with van der Waals surface area (Å²) in [6, 6.07) is 0. The Kier molecular flexibility index (Phi) is 11.0. The number of benzene rings is 1. The Bertz CT molecular complexity index is 433. The van der Waals surface area contributed by atoms with Gasteiger partial charge in [-0.05, 0) is 141 Å². The van der Waals surface area contributed by atoms with Crippen LogP contribution in [0, 0.1) is 28.5 Å². The summed E-state index contributed by atoms with van der Waals surface area (Å²) in [4.78, 5) is 0. The monoisotopic (exact) mass is 666 g/mol. The van der Waals surface area contributed by atoms with Gasteiger partial charge in [-0.25, -0.2) is 0 Å². The van der Waals surface area contributed by atoms with E-state index in [2.05, 4.69) is 109 Å². The molecule has 0 saturated carbocycles. The lowest BCUT2D eigenvalue weighted by molar-refractivity contribution is 0.571. The molecule has 0 amide bonds. The van der Waals surface area contributed by atoms with Gasteiger partial charge >= 0.3 is 0 Å². The van der Waals surface area contributed by atoms with Gasteiger partial charge in [0.2, 0.25) is 0 Å². The van der Waals surface area contributed by atoms with E-state index in [9.17, 15) is 0 Å². The predicted octanol–water partition coefficient (Wildman–Crippen LogP) is 8.27. The standard InChI is InChI=1S/C21H33I3/c1-13(2)7-10-16-19(22)17(11-8-14(3)4)21(24)18(20(16)23)12-9-15(5)6/h13-15H,7-12H2,1-6H3. The summed E-state index contributed by atoms with van der Waals surface area (Å²) in [5, 5.41) is 0. The zero-order valence-electron chi connectivity index (χ0n) is 16.1. The van der Waals surface area contributed by atoms with Crippen LogP contribution in [0.15, 0.2) is 0 Å². The molecule has 24 heavy (non-hydrogen) atoms. The lowest BCUT2D eigenvalue weighted by Crippen LogP contribution is -2.11. The molecule has 0 unspecified atom stereocenters. The van der Waals surface area contributed by atoms with Crippen LogP contribution < -0.4 is 0 Å². The third-order valence-electron chi connectivity index (χ3n) is 4.50. The fourth-order valence-corrected chi connectivity index (χ4v) is 7.58. The normalized spacial score (nSPS) is 12.0. The van der Waals surface area contributed by atoms with E-state index in [1.54, 1.807) is 27.4 Å². The van der Waals surface area contributed by atoms with E-state index in [1.165, 1.54) is 38.5 Å². The molecule has 0 saturated heterocycles. The molecule has 0 aliphatic heterocycles. The minimum Gasteiger partial charge on any atom is -0.0628 e. The molecule has 0 nitrogen and oxygen atoms in total. The van der Waals surface area contributed by atoms with Crippen LogP contribution in [0.5, 0.6) is 0 Å². The number of rotatable bonds is 9. The maximum absolute atomic E-state index is 2.63. The molecule has 0 spiro atoms. The summed E-state index contributed by atoms with van der Waals surface area (Å²) >= 11 is 7.90. The Hall–Kier alpha value is 1.41. The summed E-state index contributed by atoms with van der Waals surface area (Å²) in [7, 11) is 0. The van der Waals surface area contributed by atoms with Gasteiger partial charge < -0.3 is 0 Å². The number of halogens is 3. The topological polar surface area (TPSA) is 0 Å². The van der Waals surface area contributed by atoms with Gasteiger partial charge in [-0.15, -0.1) is 0 Å². The van der Waals surface area contributed by atoms with Crippen LogP contribution in [0.3, 0.4) is 0 Å². The predicted molar refractivity (Wildman–Crippen MR) is 134 cm³/mol. The van der Waals surface area contributed by atoms with Crippen LogP contribution >= 0.6 is 67.8 Å². The minimum absolute atomic E-state index is 0.772. The van der Waals surface area contributed by atoms with Gasteiger partial charge in [0.25, 0.3) is 0 Å². The van der Waals surface area contributed by atoms with E-state index in [0.29, 0.717) is 0 Å². The molecular weight excluding hydrogens is 633 g/mol. The van der Waals surface area contributed by atoms with Crippen LogP contribution in [0.4, 0.5) is 0 Å². The molecule has 138 valence electrons. The van der Waals surface area contributed by atoms with E-state index >= 15 is 0 Å². The van der Waals surface area contributed by atoms with E-state index < -0.39 is 0 Å². The molecule has 0 aliphatic carbocycles. The molecule has 0 bridgehead atoms. The number of hydrogen-bond donors (Lipinski definition) is 0. The molecule has 0 radical (unpaired) electrons. The van der Waals surface area contributed by atoms with Gasteiger partial charge in [-0.2, -0.15) is 0 Å². The van der Waals surface area contributed by atoms with E-state index in [4.69, 9.17) is 0 Å². The fourth-order valence-electron chi connectivity index (χ4n) is 2.79. The zero-order valence-corrected chi connectivity index (χ0v) is 22.6. The maximum atomic E-state index is 2.63. The van der Waals surface area contributed by atoms with Crippen molar-refractivity contribution in [1.82, 2.24) is 0 Å². The Morgan fingerprint density at radius 3 is 0.875 bits per heavy atom. The van der Waals surface area contributed by atoms with E-state index in [-0.39, 0.29) is 0 Å². The molecular formula is C21H33I3. The molecule has 0 heterocycles. The summed E-state index contributed by atoms with van der Waals surface area (Å²) in [6.45, 7) is 14.0. The first-order chi connectivity index (χ1) is 11.1. The third kappa shape index (κ3) is 7.20. The summed E-state index contributed by atoms with van der Waals surface area (Å²) in [5.74, 6) is 2.32. The molecule has 1 rings (SSSR count). The van der Waals surface area contributed by atoms with Crippen LogP contribution in [0.2, 0.25) is 0 Å². The first-order valence-electron chi connectivity index (χ1n) is 9.32. The summed E-state index contributed by atoms with van der Waals surface area (Å²) in [6.07, 6.45) is 7.57. The van der Waals surface area contributed by atoms with Crippen molar-refractivity contribution in [1.29, 1.82) is 0 Å². The highest BCUT2D eigenvalue weighted by Gasteiger charge is 2.20. The van der Waals surface area contributed by atoms with Crippen molar-refractivity contribution in [2.75, 3.05) is 0 Å². The molecule has 1 aromatic rings. The van der Waals surface area contributed by atoms with Gasteiger partial charge in [0.05, 0.1) is 0 Å². The second kappa shape index (κ2) is 11.3. The molecule has 0 aliphatic rings. The van der Waals surface area contributed by atoms with E-state index in [0.717, 1.165) is 17.8 Å². The van der Waals surface area contributed by atoms with Crippen molar-refractivity contribution < 1.29 is 0 Å². The van der Waals surface area contributed by atoms with Crippen LogP contribution in [0.1, 0.15) is 77.5 Å². The Morgan fingerprint density at radius 1 is 0.500 bits per heavy atom. The van der Waals surface area contributed by atoms with Gasteiger partial charge in [0.15, 0.2) is 0 Å². The first-order valence-corrected chi connectivity index (χ1v) is 12.6. The Morgan fingerprint density at radius 2 is 0.708 bits per heavy atom. The highest BCUT2D eigenvalue weighted by Crippen LogP contribution is 2.35. The summed E-state index contributed by atoms with van der Waals surface area (Å²) < 4.78 is 4.66. The van der Waals surface area contributed by atoms with Gasteiger partial charge in [0.1, 0.15) is 0 Å². The van der Waals surface area contributed by atoms with Crippen molar-refractivity contribution in [3.05, 3.63) is 27.4 Å². The van der Waals surface area contributed by atoms with Gasteiger partial charge in [0, 0.05) is 10.7 Å². The largest absolute Gasteiger partial charge is 0.0628 e. The van der Waals surface area contributed by atoms with Crippen molar-refractivity contribution in [2.24, 2.45) is 17.8 Å². The minimum atomic E-state index is 0.772. The molecule has 1 aromatic carbocycles. The van der Waals surface area contributed by atoms with Crippen molar-refractivity contribution in [2.45, 2.75) is 80.1 Å². The van der Waals surface area contributed by atoms with Gasteiger partial charge in [-0.1, -0.05) is 41.5 Å². The van der Waals surface area contributed by atoms with Crippen LogP contribution in [0.25, 0.3) is 0 Å². The Labute approximate surface area is 191 Å². The quantitative estimate of drug-likeness (QED) is 0.233. The van der Waals surface area contributed by atoms with Gasteiger partial charge in [-0.3, -0.25) is 0 Å². The smallest absolute Gasteiger partial charge is 0.0215 e.